The highest BCUT2D eigenvalue weighted by Gasteiger charge is 2.19. The van der Waals surface area contributed by atoms with Crippen LogP contribution in [-0.4, -0.2) is 35.2 Å². The van der Waals surface area contributed by atoms with Gasteiger partial charge in [0.25, 0.3) is 0 Å². The molecule has 0 saturated heterocycles. The number of nitrogens with zero attached hydrogens (tertiary/aromatic N) is 2. The molecule has 1 rings (SSSR count). The fraction of sp³-hybridized carbons (Fsp3) is 0.842. The molecule has 0 aromatic carbocycles. The first-order valence-electron chi connectivity index (χ1n) is 9.34. The summed E-state index contributed by atoms with van der Waals surface area (Å²) in [6.45, 7) is 7.33. The van der Waals surface area contributed by atoms with E-state index in [1.54, 1.807) is 0 Å². The minimum absolute atomic E-state index is 0.382. The third kappa shape index (κ3) is 8.57. The zero-order valence-corrected chi connectivity index (χ0v) is 14.6. The largest absolute Gasteiger partial charge is 0.374 e. The molecule has 0 amide bonds. The van der Waals surface area contributed by atoms with Gasteiger partial charge in [-0.05, 0) is 26.2 Å². The first-order valence-corrected chi connectivity index (χ1v) is 9.34. The van der Waals surface area contributed by atoms with Crippen molar-refractivity contribution in [1.29, 1.82) is 0 Å². The number of hydrogen-bond acceptors (Lipinski definition) is 3. The van der Waals surface area contributed by atoms with Crippen molar-refractivity contribution in [2.45, 2.75) is 90.2 Å². The second kappa shape index (κ2) is 12.7. The molecule has 1 aliphatic heterocycles. The van der Waals surface area contributed by atoms with E-state index in [2.05, 4.69) is 11.6 Å². The normalized spacial score (nSPS) is 15.9. The average molecular weight is 309 g/mol. The minimum atomic E-state index is -0.382. The molecule has 0 radical (unpaired) electrons. The molecular formula is C19H36N2O. The lowest BCUT2D eigenvalue weighted by molar-refractivity contribution is 0.0766. The zero-order valence-electron chi connectivity index (χ0n) is 14.6. The molecule has 0 aliphatic carbocycles. The first-order chi connectivity index (χ1) is 10.8. The molecule has 22 heavy (non-hydrogen) atoms. The number of aliphatic hydroxyl groups excluding tert-OH is 1. The number of rotatable bonds is 14. The summed E-state index contributed by atoms with van der Waals surface area (Å²) in [6.07, 6.45) is 17.4. The summed E-state index contributed by atoms with van der Waals surface area (Å²) >= 11 is 0. The van der Waals surface area contributed by atoms with E-state index < -0.39 is 0 Å². The molecule has 1 unspecified atom stereocenters. The third-order valence-electron chi connectivity index (χ3n) is 4.48. The van der Waals surface area contributed by atoms with Gasteiger partial charge in [0.15, 0.2) is 0 Å². The predicted octanol–water partition coefficient (Wildman–Crippen LogP) is 4.91. The molecule has 1 aliphatic rings. The van der Waals surface area contributed by atoms with Crippen molar-refractivity contribution in [3.63, 3.8) is 0 Å². The van der Waals surface area contributed by atoms with Gasteiger partial charge >= 0.3 is 0 Å². The van der Waals surface area contributed by atoms with Gasteiger partial charge in [0, 0.05) is 13.0 Å². The van der Waals surface area contributed by atoms with Gasteiger partial charge in [-0.25, -0.2) is 0 Å². The Morgan fingerprint density at radius 1 is 1.05 bits per heavy atom. The second-order valence-corrected chi connectivity index (χ2v) is 6.49. The SMILES string of the molecule is C=CCCCCCCCCCCCCC1=NCCN1C(C)O. The van der Waals surface area contributed by atoms with Gasteiger partial charge in [-0.2, -0.15) is 0 Å². The quantitative estimate of drug-likeness (QED) is 0.366. The van der Waals surface area contributed by atoms with Gasteiger partial charge in [-0.1, -0.05) is 57.4 Å². The molecule has 1 atom stereocenters. The van der Waals surface area contributed by atoms with Crippen LogP contribution < -0.4 is 0 Å². The van der Waals surface area contributed by atoms with Gasteiger partial charge in [-0.15, -0.1) is 6.58 Å². The van der Waals surface area contributed by atoms with Crippen molar-refractivity contribution in [2.75, 3.05) is 13.1 Å². The van der Waals surface area contributed by atoms with E-state index in [-0.39, 0.29) is 6.23 Å². The molecule has 0 bridgehead atoms. The molecule has 0 fully saturated rings. The highest BCUT2D eigenvalue weighted by atomic mass is 16.3. The fourth-order valence-electron chi connectivity index (χ4n) is 3.12. The van der Waals surface area contributed by atoms with Gasteiger partial charge in [0.1, 0.15) is 12.1 Å². The van der Waals surface area contributed by atoms with Crippen LogP contribution in [0.4, 0.5) is 0 Å². The Morgan fingerprint density at radius 3 is 2.14 bits per heavy atom. The van der Waals surface area contributed by atoms with E-state index in [9.17, 15) is 5.11 Å². The Kier molecular flexibility index (Phi) is 11.1. The van der Waals surface area contributed by atoms with Crippen molar-refractivity contribution in [1.82, 2.24) is 4.90 Å². The van der Waals surface area contributed by atoms with E-state index in [0.29, 0.717) is 0 Å². The summed E-state index contributed by atoms with van der Waals surface area (Å²) in [5, 5.41) is 9.65. The molecule has 0 saturated carbocycles. The van der Waals surface area contributed by atoms with Crippen molar-refractivity contribution >= 4 is 5.84 Å². The minimum Gasteiger partial charge on any atom is -0.374 e. The monoisotopic (exact) mass is 308 g/mol. The number of unbranched alkanes of at least 4 members (excludes halogenated alkanes) is 10. The van der Waals surface area contributed by atoms with Crippen LogP contribution in [0.1, 0.15) is 84.0 Å². The second-order valence-electron chi connectivity index (χ2n) is 6.49. The van der Waals surface area contributed by atoms with Crippen LogP contribution >= 0.6 is 0 Å². The molecule has 1 heterocycles. The van der Waals surface area contributed by atoms with Crippen molar-refractivity contribution in [3.8, 4) is 0 Å². The molecule has 0 aromatic heterocycles. The maximum absolute atomic E-state index is 9.65. The van der Waals surface area contributed by atoms with Crippen molar-refractivity contribution in [2.24, 2.45) is 4.99 Å². The Hall–Kier alpha value is -0.830. The van der Waals surface area contributed by atoms with Crippen LogP contribution in [0, 0.1) is 0 Å². The summed E-state index contributed by atoms with van der Waals surface area (Å²) in [4.78, 5) is 6.54. The predicted molar refractivity (Wildman–Crippen MR) is 96.3 cm³/mol. The topological polar surface area (TPSA) is 35.8 Å². The Balaban J connectivity index is 1.85. The summed E-state index contributed by atoms with van der Waals surface area (Å²) < 4.78 is 0. The van der Waals surface area contributed by atoms with E-state index in [4.69, 9.17) is 0 Å². The molecule has 0 aromatic rings. The molecule has 1 N–H and O–H groups in total. The standard InChI is InChI=1S/C19H36N2O/c1-3-4-5-6-7-8-9-10-11-12-13-14-15-19-20-16-17-21(19)18(2)22/h3,18,22H,1,4-17H2,2H3. The number of hydrogen-bond donors (Lipinski definition) is 1. The molecule has 3 heteroatoms. The van der Waals surface area contributed by atoms with E-state index in [1.165, 1.54) is 70.6 Å². The Morgan fingerprint density at radius 2 is 1.59 bits per heavy atom. The maximum atomic E-state index is 9.65. The number of allylic oxidation sites excluding steroid dienone is 1. The smallest absolute Gasteiger partial charge is 0.125 e. The molecule has 128 valence electrons. The summed E-state index contributed by atoms with van der Waals surface area (Å²) in [5.74, 6) is 1.12. The van der Waals surface area contributed by atoms with Gasteiger partial charge in [0.2, 0.25) is 0 Å². The maximum Gasteiger partial charge on any atom is 0.125 e. The Labute approximate surface area is 137 Å². The summed E-state index contributed by atoms with van der Waals surface area (Å²) in [7, 11) is 0. The van der Waals surface area contributed by atoms with E-state index in [0.717, 1.165) is 25.3 Å². The van der Waals surface area contributed by atoms with Crippen LogP contribution in [0.2, 0.25) is 0 Å². The van der Waals surface area contributed by atoms with Gasteiger partial charge in [-0.3, -0.25) is 4.99 Å². The van der Waals surface area contributed by atoms with Crippen LogP contribution in [0.3, 0.4) is 0 Å². The fourth-order valence-corrected chi connectivity index (χ4v) is 3.12. The molecule has 3 nitrogen and oxygen atoms in total. The van der Waals surface area contributed by atoms with Crippen LogP contribution in [0.15, 0.2) is 17.6 Å². The average Bonchev–Trinajstić information content (AvgIpc) is 2.97. The number of aliphatic imine (C=N–C) groups is 1. The van der Waals surface area contributed by atoms with Crippen molar-refractivity contribution in [3.05, 3.63) is 12.7 Å². The van der Waals surface area contributed by atoms with Gasteiger partial charge < -0.3 is 10.0 Å². The van der Waals surface area contributed by atoms with Crippen LogP contribution in [0.25, 0.3) is 0 Å². The highest BCUT2D eigenvalue weighted by molar-refractivity contribution is 5.83. The Bertz CT molecular complexity index is 313. The molecular weight excluding hydrogens is 272 g/mol. The van der Waals surface area contributed by atoms with Crippen LogP contribution in [0.5, 0.6) is 0 Å². The van der Waals surface area contributed by atoms with Crippen LogP contribution in [-0.2, 0) is 0 Å². The highest BCUT2D eigenvalue weighted by Crippen LogP contribution is 2.15. The van der Waals surface area contributed by atoms with E-state index in [1.807, 2.05) is 17.9 Å². The summed E-state index contributed by atoms with van der Waals surface area (Å²) in [5.41, 5.74) is 0. The van der Waals surface area contributed by atoms with E-state index >= 15 is 0 Å². The summed E-state index contributed by atoms with van der Waals surface area (Å²) in [6, 6.07) is 0. The van der Waals surface area contributed by atoms with Gasteiger partial charge in [0.05, 0.1) is 6.54 Å². The van der Waals surface area contributed by atoms with Crippen molar-refractivity contribution < 1.29 is 5.11 Å². The number of amidine groups is 1. The third-order valence-corrected chi connectivity index (χ3v) is 4.48. The lowest BCUT2D eigenvalue weighted by Crippen LogP contribution is -2.35. The lowest BCUT2D eigenvalue weighted by Gasteiger charge is -2.23. The molecule has 0 spiro atoms. The zero-order chi connectivity index (χ0) is 16.0. The lowest BCUT2D eigenvalue weighted by atomic mass is 10.0. The first kappa shape index (κ1) is 19.2. The number of aliphatic hydroxyl groups is 1.